The number of thiophene rings is 1. The summed E-state index contributed by atoms with van der Waals surface area (Å²) in [6, 6.07) is 18.4. The van der Waals surface area contributed by atoms with Gasteiger partial charge in [-0.15, -0.1) is 11.3 Å². The summed E-state index contributed by atoms with van der Waals surface area (Å²) in [5.41, 5.74) is 10.3. The Morgan fingerprint density at radius 1 is 1.12 bits per heavy atom. The number of fused-ring (bicyclic) bond motifs is 1. The van der Waals surface area contributed by atoms with Gasteiger partial charge in [0.1, 0.15) is 22.0 Å². The number of alkyl halides is 1. The Hall–Kier alpha value is -2.43. The van der Waals surface area contributed by atoms with Gasteiger partial charge in [0.15, 0.2) is 0 Å². The molecule has 2 aromatic heterocycles. The van der Waals surface area contributed by atoms with E-state index in [0.29, 0.717) is 10.4 Å². The molecule has 2 N–H and O–H groups in total. The lowest BCUT2D eigenvalue weighted by Crippen LogP contribution is -2.12. The third-order valence-electron chi connectivity index (χ3n) is 5.52. The number of benzene rings is 2. The van der Waals surface area contributed by atoms with E-state index in [1.54, 1.807) is 11.3 Å². The number of amidine groups is 1. The van der Waals surface area contributed by atoms with Crippen LogP contribution in [-0.4, -0.2) is 44.5 Å². The van der Waals surface area contributed by atoms with Crippen LogP contribution in [0.3, 0.4) is 0 Å². The van der Waals surface area contributed by atoms with E-state index in [0.717, 1.165) is 52.7 Å². The lowest BCUT2D eigenvalue weighted by atomic mass is 10.1. The Labute approximate surface area is 204 Å². The van der Waals surface area contributed by atoms with Crippen LogP contribution in [0.25, 0.3) is 11.0 Å². The van der Waals surface area contributed by atoms with Gasteiger partial charge in [-0.2, -0.15) is 0 Å². The average Bonchev–Trinajstić information content (AvgIpc) is 3.33. The van der Waals surface area contributed by atoms with Crippen molar-refractivity contribution in [3.63, 3.8) is 0 Å². The first kappa shape index (κ1) is 21.4. The highest BCUT2D eigenvalue weighted by Crippen LogP contribution is 2.25. The van der Waals surface area contributed by atoms with Gasteiger partial charge in [0, 0.05) is 32.6 Å². The van der Waals surface area contributed by atoms with Crippen molar-refractivity contribution < 1.29 is 4.74 Å². The van der Waals surface area contributed by atoms with E-state index < -0.39 is 0 Å². The fraction of sp³-hybridized carbons (Fsp3) is 0.250. The summed E-state index contributed by atoms with van der Waals surface area (Å²) in [6.45, 7) is 4.37. The van der Waals surface area contributed by atoms with Crippen LogP contribution in [0.5, 0.6) is 5.75 Å². The first-order chi connectivity index (χ1) is 15.7. The zero-order chi connectivity index (χ0) is 21.9. The van der Waals surface area contributed by atoms with Crippen LogP contribution in [0.2, 0.25) is 0 Å². The molecule has 0 atom stereocenters. The quantitative estimate of drug-likeness (QED) is 0.106. The summed E-state index contributed by atoms with van der Waals surface area (Å²) in [5.74, 6) is 2.50. The summed E-state index contributed by atoms with van der Waals surface area (Å²) in [6.07, 6.45) is 0.773. The molecule has 0 radical (unpaired) electrons. The topological polar surface area (TPSA) is 68.4 Å². The van der Waals surface area contributed by atoms with Crippen LogP contribution in [-0.2, 0) is 13.0 Å². The maximum Gasteiger partial charge on any atom is 0.141 e. The van der Waals surface area contributed by atoms with Crippen molar-refractivity contribution in [2.45, 2.75) is 13.0 Å². The molecular formula is C24H24IN5OS. The molecule has 0 spiro atoms. The maximum atomic E-state index is 6.19. The summed E-state index contributed by atoms with van der Waals surface area (Å²) in [5, 5.41) is 2.01. The van der Waals surface area contributed by atoms with Crippen LogP contribution in [0.4, 0.5) is 5.69 Å². The van der Waals surface area contributed by atoms with Crippen molar-refractivity contribution in [1.82, 2.24) is 14.5 Å². The molecule has 0 saturated carbocycles. The largest absolute Gasteiger partial charge is 0.483 e. The number of halogens is 1. The average molecular weight is 557 g/mol. The van der Waals surface area contributed by atoms with Crippen molar-refractivity contribution >= 4 is 56.5 Å². The fourth-order valence-corrected chi connectivity index (χ4v) is 4.71. The van der Waals surface area contributed by atoms with Crippen molar-refractivity contribution in [1.29, 1.82) is 0 Å². The second-order valence-corrected chi connectivity index (χ2v) is 9.31. The molecule has 2 aromatic carbocycles. The van der Waals surface area contributed by atoms with E-state index in [-0.39, 0.29) is 0 Å². The van der Waals surface area contributed by atoms with E-state index in [2.05, 4.69) is 55.2 Å². The third kappa shape index (κ3) is 4.97. The molecule has 0 aliphatic carbocycles. The molecule has 6 nitrogen and oxygen atoms in total. The third-order valence-corrected chi connectivity index (χ3v) is 6.72. The molecule has 1 aliphatic rings. The van der Waals surface area contributed by atoms with Gasteiger partial charge in [-0.25, -0.2) is 9.98 Å². The van der Waals surface area contributed by atoms with Gasteiger partial charge in [0.05, 0.1) is 21.6 Å². The van der Waals surface area contributed by atoms with Gasteiger partial charge in [-0.3, -0.25) is 4.90 Å². The number of nitrogens with zero attached hydrogens (tertiary/aromatic N) is 4. The minimum atomic E-state index is 0.536. The molecule has 8 heteroatoms. The highest BCUT2D eigenvalue weighted by atomic mass is 127. The molecule has 0 bridgehead atoms. The van der Waals surface area contributed by atoms with E-state index >= 15 is 0 Å². The Bertz CT molecular complexity index is 1230. The van der Waals surface area contributed by atoms with E-state index in [1.807, 2.05) is 41.8 Å². The predicted molar refractivity (Wildman–Crippen MR) is 140 cm³/mol. The van der Waals surface area contributed by atoms with E-state index in [1.165, 1.54) is 18.7 Å². The van der Waals surface area contributed by atoms with Gasteiger partial charge >= 0.3 is 0 Å². The van der Waals surface area contributed by atoms with Crippen molar-refractivity contribution in [3.05, 3.63) is 76.2 Å². The van der Waals surface area contributed by atoms with Crippen molar-refractivity contribution in [2.75, 3.05) is 24.2 Å². The lowest BCUT2D eigenvalue weighted by Gasteiger charge is -2.10. The number of nitrogens with two attached hydrogens (primary N) is 1. The Kier molecular flexibility index (Phi) is 6.42. The Balaban J connectivity index is 1.45. The molecule has 1 fully saturated rings. The fourth-order valence-electron chi connectivity index (χ4n) is 3.73. The zero-order valence-corrected chi connectivity index (χ0v) is 20.6. The highest BCUT2D eigenvalue weighted by Gasteiger charge is 2.19. The van der Waals surface area contributed by atoms with Gasteiger partial charge in [0.25, 0.3) is 0 Å². The van der Waals surface area contributed by atoms with Crippen LogP contribution < -0.4 is 10.5 Å². The van der Waals surface area contributed by atoms with Gasteiger partial charge in [-0.05, 0) is 69.9 Å². The standard InChI is InChI=1S/C24H24IN5OS/c25-16-31-19-6-3-17(4-7-19)14-23-28-20-15-18(27-24(26)22-2-1-13-32-22)5-8-21(20)30(23)12-11-29-9-10-29/h1-8,13,15H,9-12,14,16H2,(H2,26,27). The zero-order valence-electron chi connectivity index (χ0n) is 17.6. The van der Waals surface area contributed by atoms with E-state index in [9.17, 15) is 0 Å². The highest BCUT2D eigenvalue weighted by molar-refractivity contribution is 14.1. The Morgan fingerprint density at radius 3 is 2.69 bits per heavy atom. The summed E-state index contributed by atoms with van der Waals surface area (Å²) in [7, 11) is 0. The van der Waals surface area contributed by atoms with Crippen LogP contribution in [0, 0.1) is 0 Å². The number of ether oxygens (including phenoxy) is 1. The van der Waals surface area contributed by atoms with Gasteiger partial charge in [0.2, 0.25) is 0 Å². The van der Waals surface area contributed by atoms with Crippen LogP contribution in [0.15, 0.2) is 65.0 Å². The van der Waals surface area contributed by atoms with Crippen LogP contribution >= 0.6 is 33.9 Å². The molecule has 0 amide bonds. The molecule has 0 unspecified atom stereocenters. The first-order valence-corrected chi connectivity index (χ1v) is 13.0. The molecular weight excluding hydrogens is 533 g/mol. The molecule has 1 aliphatic heterocycles. The second-order valence-electron chi connectivity index (χ2n) is 7.74. The summed E-state index contributed by atoms with van der Waals surface area (Å²) in [4.78, 5) is 13.0. The minimum absolute atomic E-state index is 0.536. The lowest BCUT2D eigenvalue weighted by molar-refractivity contribution is 0.404. The summed E-state index contributed by atoms with van der Waals surface area (Å²) < 4.78 is 8.55. The number of imidazole rings is 1. The number of hydrogen-bond acceptors (Lipinski definition) is 5. The van der Waals surface area contributed by atoms with Crippen molar-refractivity contribution in [2.24, 2.45) is 10.7 Å². The predicted octanol–water partition coefficient (Wildman–Crippen LogP) is 4.81. The number of aromatic nitrogens is 2. The molecule has 32 heavy (non-hydrogen) atoms. The normalized spacial score (nSPS) is 14.2. The molecule has 4 aromatic rings. The van der Waals surface area contributed by atoms with Gasteiger partial charge < -0.3 is 15.0 Å². The molecule has 1 saturated heterocycles. The summed E-state index contributed by atoms with van der Waals surface area (Å²) >= 11 is 3.80. The van der Waals surface area contributed by atoms with Crippen LogP contribution in [0.1, 0.15) is 16.3 Å². The molecule has 164 valence electrons. The van der Waals surface area contributed by atoms with Gasteiger partial charge in [-0.1, -0.05) is 18.2 Å². The van der Waals surface area contributed by atoms with Crippen molar-refractivity contribution in [3.8, 4) is 5.75 Å². The smallest absolute Gasteiger partial charge is 0.141 e. The molecule has 5 rings (SSSR count). The SMILES string of the molecule is NC(=Nc1ccc2c(c1)nc(Cc1ccc(OCI)cc1)n2CCN1CC1)c1cccs1. The molecule has 3 heterocycles. The Morgan fingerprint density at radius 2 is 1.97 bits per heavy atom. The number of hydrogen-bond donors (Lipinski definition) is 1. The minimum Gasteiger partial charge on any atom is -0.483 e. The second kappa shape index (κ2) is 9.60. The monoisotopic (exact) mass is 557 g/mol. The number of aliphatic imine (C=N–C) groups is 1. The maximum absolute atomic E-state index is 6.19. The first-order valence-electron chi connectivity index (χ1n) is 10.6. The number of rotatable bonds is 9. The van der Waals surface area contributed by atoms with E-state index in [4.69, 9.17) is 15.5 Å².